The summed E-state index contributed by atoms with van der Waals surface area (Å²) in [7, 11) is 1.56. The predicted molar refractivity (Wildman–Crippen MR) is 103 cm³/mol. The summed E-state index contributed by atoms with van der Waals surface area (Å²) < 4.78 is 19.1. The van der Waals surface area contributed by atoms with Crippen molar-refractivity contribution < 1.29 is 23.5 Å². The molecule has 0 unspecified atom stereocenters. The van der Waals surface area contributed by atoms with E-state index in [4.69, 9.17) is 4.74 Å². The van der Waals surface area contributed by atoms with Gasteiger partial charge in [0.2, 0.25) is 17.7 Å². The van der Waals surface area contributed by atoms with Gasteiger partial charge >= 0.3 is 0 Å². The first-order valence-corrected chi connectivity index (χ1v) is 10.0. The van der Waals surface area contributed by atoms with Crippen molar-refractivity contribution in [3.8, 4) is 0 Å². The number of likely N-dealkylation sites (tertiary alicyclic amines) is 1. The fraction of sp³-hybridized carbons (Fsp3) is 0.571. The van der Waals surface area contributed by atoms with Gasteiger partial charge in [-0.25, -0.2) is 4.39 Å². The molecule has 4 rings (SSSR count). The molecule has 0 saturated carbocycles. The number of ether oxygens (including phenoxy) is 1. The van der Waals surface area contributed by atoms with Crippen LogP contribution in [0.1, 0.15) is 32.3 Å². The maximum Gasteiger partial charge on any atom is 0.250 e. The average Bonchev–Trinajstić information content (AvgIpc) is 3.22. The Hall–Kier alpha value is -2.32. The lowest BCUT2D eigenvalue weighted by Crippen LogP contribution is -2.53. The summed E-state index contributed by atoms with van der Waals surface area (Å²) in [5.41, 5.74) is -0.542. The Morgan fingerprint density at radius 1 is 1.24 bits per heavy atom. The maximum atomic E-state index is 14.1. The second kappa shape index (κ2) is 7.18. The lowest BCUT2D eigenvalue weighted by atomic mass is 9.76. The molecule has 29 heavy (non-hydrogen) atoms. The molecule has 0 bridgehead atoms. The Bertz CT molecular complexity index is 873. The highest BCUT2D eigenvalue weighted by Crippen LogP contribution is 2.53. The van der Waals surface area contributed by atoms with Crippen LogP contribution in [-0.4, -0.2) is 48.9 Å². The van der Waals surface area contributed by atoms with Gasteiger partial charge in [0.25, 0.3) is 0 Å². The molecule has 0 radical (unpaired) electrons. The minimum Gasteiger partial charge on any atom is -0.385 e. The van der Waals surface area contributed by atoms with Gasteiger partial charge in [-0.05, 0) is 37.0 Å². The molecule has 3 amide bonds. The number of carbonyl (C=O) groups excluding carboxylic acids is 3. The van der Waals surface area contributed by atoms with E-state index < -0.39 is 29.1 Å². The van der Waals surface area contributed by atoms with Crippen LogP contribution in [0.2, 0.25) is 0 Å². The van der Waals surface area contributed by atoms with Crippen LogP contribution in [0.25, 0.3) is 0 Å². The third kappa shape index (κ3) is 2.88. The van der Waals surface area contributed by atoms with Gasteiger partial charge in [0.05, 0.1) is 11.8 Å². The van der Waals surface area contributed by atoms with E-state index in [9.17, 15) is 18.8 Å². The maximum absolute atomic E-state index is 14.1. The number of anilines is 1. The molecule has 1 spiro atoms. The van der Waals surface area contributed by atoms with Crippen LogP contribution in [0.3, 0.4) is 0 Å². The van der Waals surface area contributed by atoms with E-state index in [0.717, 1.165) is 0 Å². The summed E-state index contributed by atoms with van der Waals surface area (Å²) in [6.07, 6.45) is 1.16. The Labute approximate surface area is 169 Å². The van der Waals surface area contributed by atoms with Crippen LogP contribution in [0.5, 0.6) is 0 Å². The number of methoxy groups -OCH3 is 1. The number of hydrogen-bond donors (Lipinski definition) is 2. The molecule has 3 aliphatic rings. The van der Waals surface area contributed by atoms with Crippen molar-refractivity contribution in [2.24, 2.45) is 17.8 Å². The predicted octanol–water partition coefficient (Wildman–Crippen LogP) is 1.63. The monoisotopic (exact) mass is 403 g/mol. The van der Waals surface area contributed by atoms with Crippen molar-refractivity contribution in [2.75, 3.05) is 25.6 Å². The number of rotatable bonds is 6. The lowest BCUT2D eigenvalue weighted by molar-refractivity contribution is -0.143. The molecule has 1 aromatic carbocycles. The van der Waals surface area contributed by atoms with Crippen molar-refractivity contribution in [3.05, 3.63) is 29.6 Å². The highest BCUT2D eigenvalue weighted by atomic mass is 19.1. The Balaban J connectivity index is 1.79. The number of hydrogen-bond acceptors (Lipinski definition) is 5. The standard InChI is InChI=1S/C21H26FN3O4/c1-11(2)9-15-16-17(19(27)25(18(16)26)7-4-8-29-3)21(24-15)13-10-12(22)5-6-14(13)23-20(21)28/h5-6,10-11,15-17,24H,4,7-9H2,1-3H3,(H,23,28)/t15-,16-,17+,21+/m1/s1. The zero-order chi connectivity index (χ0) is 20.9. The molecule has 8 heteroatoms. The Kier molecular flexibility index (Phi) is 4.94. The van der Waals surface area contributed by atoms with Gasteiger partial charge in [0.15, 0.2) is 0 Å². The van der Waals surface area contributed by atoms with Gasteiger partial charge < -0.3 is 10.1 Å². The minimum absolute atomic E-state index is 0.251. The quantitative estimate of drug-likeness (QED) is 0.557. The summed E-state index contributed by atoms with van der Waals surface area (Å²) in [5, 5.41) is 6.09. The normalized spacial score (nSPS) is 30.4. The van der Waals surface area contributed by atoms with E-state index in [-0.39, 0.29) is 30.3 Å². The number of fused-ring (bicyclic) bond motifs is 4. The van der Waals surface area contributed by atoms with Crippen molar-refractivity contribution in [2.45, 2.75) is 38.3 Å². The van der Waals surface area contributed by atoms with Crippen LogP contribution >= 0.6 is 0 Å². The lowest BCUT2D eigenvalue weighted by Gasteiger charge is -2.29. The number of carbonyl (C=O) groups is 3. The first kappa shape index (κ1) is 20.0. The van der Waals surface area contributed by atoms with Crippen LogP contribution in [0, 0.1) is 23.6 Å². The third-order valence-electron chi connectivity index (χ3n) is 6.22. The first-order valence-electron chi connectivity index (χ1n) is 10.0. The molecule has 0 aromatic heterocycles. The molecular formula is C21H26FN3O4. The summed E-state index contributed by atoms with van der Waals surface area (Å²) in [6.45, 7) is 4.74. The highest BCUT2D eigenvalue weighted by molar-refractivity contribution is 6.15. The molecule has 3 aliphatic heterocycles. The smallest absolute Gasteiger partial charge is 0.250 e. The fourth-order valence-corrected chi connectivity index (χ4v) is 5.13. The van der Waals surface area contributed by atoms with E-state index in [2.05, 4.69) is 10.6 Å². The number of amides is 3. The van der Waals surface area contributed by atoms with Gasteiger partial charge in [0, 0.05) is 37.6 Å². The fourth-order valence-electron chi connectivity index (χ4n) is 5.13. The van der Waals surface area contributed by atoms with E-state index in [0.29, 0.717) is 30.7 Å². The number of nitrogens with zero attached hydrogens (tertiary/aromatic N) is 1. The molecular weight excluding hydrogens is 377 g/mol. The SMILES string of the molecule is COCCCN1C(=O)[C@H]2[C@@H](C1=O)[C@]1(N[C@@H]2CC(C)C)C(=O)Nc2ccc(F)cc21. The average molecular weight is 403 g/mol. The Morgan fingerprint density at radius 3 is 2.69 bits per heavy atom. The summed E-state index contributed by atoms with van der Waals surface area (Å²) >= 11 is 0. The van der Waals surface area contributed by atoms with Crippen molar-refractivity contribution in [3.63, 3.8) is 0 Å². The number of imide groups is 1. The summed E-state index contributed by atoms with van der Waals surface area (Å²) in [6, 6.07) is 3.72. The summed E-state index contributed by atoms with van der Waals surface area (Å²) in [4.78, 5) is 41.0. The van der Waals surface area contributed by atoms with Gasteiger partial charge in [-0.2, -0.15) is 0 Å². The number of halogens is 1. The van der Waals surface area contributed by atoms with E-state index in [1.807, 2.05) is 13.8 Å². The molecule has 2 N–H and O–H groups in total. The Morgan fingerprint density at radius 2 is 2.00 bits per heavy atom. The molecule has 2 saturated heterocycles. The highest BCUT2D eigenvalue weighted by Gasteiger charge is 2.70. The molecule has 4 atom stereocenters. The third-order valence-corrected chi connectivity index (χ3v) is 6.22. The van der Waals surface area contributed by atoms with Crippen molar-refractivity contribution in [1.29, 1.82) is 0 Å². The van der Waals surface area contributed by atoms with Crippen LogP contribution in [0.15, 0.2) is 18.2 Å². The minimum atomic E-state index is -1.43. The second-order valence-electron chi connectivity index (χ2n) is 8.51. The van der Waals surface area contributed by atoms with Crippen LogP contribution < -0.4 is 10.6 Å². The van der Waals surface area contributed by atoms with Crippen LogP contribution in [0.4, 0.5) is 10.1 Å². The van der Waals surface area contributed by atoms with E-state index in [1.54, 1.807) is 7.11 Å². The first-order chi connectivity index (χ1) is 13.8. The second-order valence-corrected chi connectivity index (χ2v) is 8.51. The van der Waals surface area contributed by atoms with Gasteiger partial charge in [-0.15, -0.1) is 0 Å². The van der Waals surface area contributed by atoms with Crippen LogP contribution in [-0.2, 0) is 24.7 Å². The zero-order valence-electron chi connectivity index (χ0n) is 16.8. The topological polar surface area (TPSA) is 87.7 Å². The van der Waals surface area contributed by atoms with Gasteiger partial charge in [0.1, 0.15) is 11.4 Å². The molecule has 0 aliphatic carbocycles. The van der Waals surface area contributed by atoms with Gasteiger partial charge in [-0.3, -0.25) is 24.6 Å². The van der Waals surface area contributed by atoms with Gasteiger partial charge in [-0.1, -0.05) is 13.8 Å². The van der Waals surface area contributed by atoms with Crippen molar-refractivity contribution >= 4 is 23.4 Å². The molecule has 2 fully saturated rings. The largest absolute Gasteiger partial charge is 0.385 e. The summed E-state index contributed by atoms with van der Waals surface area (Å²) in [5.74, 6) is -2.80. The zero-order valence-corrected chi connectivity index (χ0v) is 16.8. The number of nitrogens with one attached hydrogen (secondary N) is 2. The molecule has 156 valence electrons. The van der Waals surface area contributed by atoms with E-state index >= 15 is 0 Å². The van der Waals surface area contributed by atoms with E-state index in [1.165, 1.54) is 23.1 Å². The molecule has 7 nitrogen and oxygen atoms in total. The molecule has 1 aromatic rings. The molecule has 3 heterocycles. The number of benzene rings is 1. The van der Waals surface area contributed by atoms with Crippen molar-refractivity contribution in [1.82, 2.24) is 10.2 Å².